The van der Waals surface area contributed by atoms with Crippen LogP contribution in [0.3, 0.4) is 0 Å². The van der Waals surface area contributed by atoms with Crippen molar-refractivity contribution in [3.63, 3.8) is 0 Å². The van der Waals surface area contributed by atoms with Gasteiger partial charge in [-0.3, -0.25) is 4.68 Å². The monoisotopic (exact) mass is 235 g/mol. The molecule has 0 bridgehead atoms. The third-order valence-corrected chi connectivity index (χ3v) is 3.09. The lowest BCUT2D eigenvalue weighted by Crippen LogP contribution is -2.00. The van der Waals surface area contributed by atoms with Gasteiger partial charge in [0.1, 0.15) is 0 Å². The Kier molecular flexibility index (Phi) is 3.57. The van der Waals surface area contributed by atoms with Crippen molar-refractivity contribution in [2.45, 2.75) is 18.2 Å². The molecule has 0 fully saturated rings. The third kappa shape index (κ3) is 2.61. The van der Waals surface area contributed by atoms with Gasteiger partial charge in [0.05, 0.1) is 17.3 Å². The molecule has 1 unspecified atom stereocenters. The van der Waals surface area contributed by atoms with E-state index in [9.17, 15) is 0 Å². The molecule has 1 aromatic carbocycles. The summed E-state index contributed by atoms with van der Waals surface area (Å²) in [5.41, 5.74) is 2.28. The molecule has 0 spiro atoms. The van der Waals surface area contributed by atoms with Gasteiger partial charge in [-0.25, -0.2) is 0 Å². The average Bonchev–Trinajstić information content (AvgIpc) is 2.73. The van der Waals surface area contributed by atoms with E-state index < -0.39 is 0 Å². The van der Waals surface area contributed by atoms with E-state index in [-0.39, 0.29) is 5.38 Å². The molecule has 1 heterocycles. The topological polar surface area (TPSA) is 30.7 Å². The smallest absolute Gasteiger partial charge is 0.0724 e. The number of nitrogens with zero attached hydrogens (tertiary/aromatic N) is 3. The quantitative estimate of drug-likeness (QED) is 0.763. The van der Waals surface area contributed by atoms with Gasteiger partial charge in [0.15, 0.2) is 0 Å². The van der Waals surface area contributed by atoms with Gasteiger partial charge in [-0.15, -0.1) is 16.7 Å². The molecule has 3 nitrogen and oxygen atoms in total. The molecular weight excluding hydrogens is 222 g/mol. The summed E-state index contributed by atoms with van der Waals surface area (Å²) in [5, 5.41) is 7.79. The van der Waals surface area contributed by atoms with E-state index in [2.05, 4.69) is 22.4 Å². The number of hydrogen-bond donors (Lipinski definition) is 0. The minimum Gasteiger partial charge on any atom is -0.252 e. The Morgan fingerprint density at radius 3 is 2.69 bits per heavy atom. The molecule has 84 valence electrons. The van der Waals surface area contributed by atoms with Crippen LogP contribution in [-0.2, 0) is 13.5 Å². The SMILES string of the molecule is Cn1nncc1CCC(Cl)c1ccccc1. The Bertz CT molecular complexity index is 439. The van der Waals surface area contributed by atoms with Crippen molar-refractivity contribution >= 4 is 11.6 Å². The average molecular weight is 236 g/mol. The standard InChI is InChI=1S/C12H14ClN3/c1-16-11(9-14-15-16)7-8-12(13)10-5-3-2-4-6-10/h2-6,9,12H,7-8H2,1H3. The molecule has 1 atom stereocenters. The summed E-state index contributed by atoms with van der Waals surface area (Å²) in [6.45, 7) is 0. The van der Waals surface area contributed by atoms with Gasteiger partial charge in [0, 0.05) is 7.05 Å². The van der Waals surface area contributed by atoms with Crippen molar-refractivity contribution in [3.8, 4) is 0 Å². The normalized spacial score (nSPS) is 12.6. The molecule has 0 aliphatic carbocycles. The Morgan fingerprint density at radius 1 is 1.31 bits per heavy atom. The second kappa shape index (κ2) is 5.12. The fourth-order valence-corrected chi connectivity index (χ4v) is 1.89. The maximum atomic E-state index is 6.33. The first-order chi connectivity index (χ1) is 7.77. The highest BCUT2D eigenvalue weighted by atomic mass is 35.5. The van der Waals surface area contributed by atoms with E-state index in [1.165, 1.54) is 5.56 Å². The summed E-state index contributed by atoms with van der Waals surface area (Å²) in [6, 6.07) is 10.1. The Hall–Kier alpha value is -1.35. The first-order valence-electron chi connectivity index (χ1n) is 5.30. The number of benzene rings is 1. The highest BCUT2D eigenvalue weighted by molar-refractivity contribution is 6.20. The van der Waals surface area contributed by atoms with Crippen LogP contribution in [-0.4, -0.2) is 15.0 Å². The molecule has 4 heteroatoms. The van der Waals surface area contributed by atoms with Crippen LogP contribution in [0, 0.1) is 0 Å². The molecule has 1 aromatic heterocycles. The molecule has 2 aromatic rings. The molecule has 0 saturated heterocycles. The number of rotatable bonds is 4. The van der Waals surface area contributed by atoms with Gasteiger partial charge in [-0.2, -0.15) is 0 Å². The zero-order valence-electron chi connectivity index (χ0n) is 9.18. The van der Waals surface area contributed by atoms with Crippen LogP contribution in [0.15, 0.2) is 36.5 Å². The molecule has 0 N–H and O–H groups in total. The van der Waals surface area contributed by atoms with E-state index in [1.54, 1.807) is 10.9 Å². The number of halogens is 1. The van der Waals surface area contributed by atoms with E-state index in [0.717, 1.165) is 18.5 Å². The number of hydrogen-bond acceptors (Lipinski definition) is 2. The maximum Gasteiger partial charge on any atom is 0.0724 e. The van der Waals surface area contributed by atoms with Crippen LogP contribution in [0.25, 0.3) is 0 Å². The lowest BCUT2D eigenvalue weighted by atomic mass is 10.1. The lowest BCUT2D eigenvalue weighted by Gasteiger charge is -2.09. The van der Waals surface area contributed by atoms with E-state index >= 15 is 0 Å². The van der Waals surface area contributed by atoms with Crippen molar-refractivity contribution in [2.75, 3.05) is 0 Å². The van der Waals surface area contributed by atoms with Crippen molar-refractivity contribution in [1.82, 2.24) is 15.0 Å². The van der Waals surface area contributed by atoms with Crippen LogP contribution in [0.1, 0.15) is 23.1 Å². The zero-order valence-corrected chi connectivity index (χ0v) is 9.93. The second-order valence-electron chi connectivity index (χ2n) is 3.77. The lowest BCUT2D eigenvalue weighted by molar-refractivity contribution is 0.655. The van der Waals surface area contributed by atoms with Crippen LogP contribution in [0.2, 0.25) is 0 Å². The van der Waals surface area contributed by atoms with Gasteiger partial charge >= 0.3 is 0 Å². The van der Waals surface area contributed by atoms with Crippen LogP contribution < -0.4 is 0 Å². The van der Waals surface area contributed by atoms with Crippen LogP contribution >= 0.6 is 11.6 Å². The molecule has 0 aliphatic rings. The first kappa shape index (κ1) is 11.1. The minimum atomic E-state index is 0.0519. The molecule has 0 aliphatic heterocycles. The molecule has 0 amide bonds. The van der Waals surface area contributed by atoms with Crippen molar-refractivity contribution in [1.29, 1.82) is 0 Å². The number of alkyl halides is 1. The highest BCUT2D eigenvalue weighted by Crippen LogP contribution is 2.25. The van der Waals surface area contributed by atoms with E-state index in [4.69, 9.17) is 11.6 Å². The summed E-state index contributed by atoms with van der Waals surface area (Å²) < 4.78 is 1.79. The Balaban J connectivity index is 1.94. The molecule has 0 saturated carbocycles. The molecular formula is C12H14ClN3. The summed E-state index contributed by atoms with van der Waals surface area (Å²) in [6.07, 6.45) is 3.58. The third-order valence-electron chi connectivity index (χ3n) is 2.62. The number of aromatic nitrogens is 3. The maximum absolute atomic E-state index is 6.33. The first-order valence-corrected chi connectivity index (χ1v) is 5.73. The van der Waals surface area contributed by atoms with E-state index in [0.29, 0.717) is 0 Å². The van der Waals surface area contributed by atoms with Crippen molar-refractivity contribution in [2.24, 2.45) is 7.05 Å². The fraction of sp³-hybridized carbons (Fsp3) is 0.333. The van der Waals surface area contributed by atoms with Crippen molar-refractivity contribution < 1.29 is 0 Å². The van der Waals surface area contributed by atoms with E-state index in [1.807, 2.05) is 25.2 Å². The number of aryl methyl sites for hydroxylation is 2. The molecule has 16 heavy (non-hydrogen) atoms. The summed E-state index contributed by atoms with van der Waals surface area (Å²) in [4.78, 5) is 0. The van der Waals surface area contributed by atoms with Gasteiger partial charge in [0.2, 0.25) is 0 Å². The minimum absolute atomic E-state index is 0.0519. The summed E-state index contributed by atoms with van der Waals surface area (Å²) in [7, 11) is 1.90. The van der Waals surface area contributed by atoms with Gasteiger partial charge in [-0.1, -0.05) is 35.5 Å². The highest BCUT2D eigenvalue weighted by Gasteiger charge is 2.09. The fourth-order valence-electron chi connectivity index (χ4n) is 1.64. The zero-order chi connectivity index (χ0) is 11.4. The molecule has 2 rings (SSSR count). The Morgan fingerprint density at radius 2 is 2.06 bits per heavy atom. The Labute approximate surface area is 100 Å². The van der Waals surface area contributed by atoms with Crippen LogP contribution in [0.4, 0.5) is 0 Å². The second-order valence-corrected chi connectivity index (χ2v) is 4.29. The predicted octanol–water partition coefficient (Wildman–Crippen LogP) is 2.73. The summed E-state index contributed by atoms with van der Waals surface area (Å²) >= 11 is 6.33. The van der Waals surface area contributed by atoms with Crippen molar-refractivity contribution in [3.05, 3.63) is 47.8 Å². The summed E-state index contributed by atoms with van der Waals surface area (Å²) in [5.74, 6) is 0. The van der Waals surface area contributed by atoms with Gasteiger partial charge in [0.25, 0.3) is 0 Å². The largest absolute Gasteiger partial charge is 0.252 e. The molecule has 0 radical (unpaired) electrons. The van der Waals surface area contributed by atoms with Gasteiger partial charge in [-0.05, 0) is 18.4 Å². The van der Waals surface area contributed by atoms with Crippen LogP contribution in [0.5, 0.6) is 0 Å². The predicted molar refractivity (Wildman–Crippen MR) is 64.4 cm³/mol. The van der Waals surface area contributed by atoms with Gasteiger partial charge < -0.3 is 0 Å².